The van der Waals surface area contributed by atoms with E-state index in [0.717, 1.165) is 5.56 Å². The molecule has 2 rings (SSSR count). The third kappa shape index (κ3) is 6.42. The van der Waals surface area contributed by atoms with Crippen LogP contribution in [0.2, 0.25) is 0 Å². The maximum absolute atomic E-state index is 10.5. The highest BCUT2D eigenvalue weighted by atomic mass is 19.4. The lowest BCUT2D eigenvalue weighted by molar-refractivity contribution is -0.695. The van der Waals surface area contributed by atoms with Crippen molar-refractivity contribution < 1.29 is 42.1 Å². The Labute approximate surface area is 133 Å². The van der Waals surface area contributed by atoms with Crippen LogP contribution in [0.4, 0.5) is 13.2 Å². The fourth-order valence-electron chi connectivity index (χ4n) is 1.39. The van der Waals surface area contributed by atoms with Gasteiger partial charge in [-0.25, -0.2) is 4.57 Å². The van der Waals surface area contributed by atoms with Crippen molar-refractivity contribution in [2.45, 2.75) is 26.1 Å². The molecule has 2 aromatic rings. The lowest BCUT2D eigenvalue weighted by atomic mass is 10.2. The summed E-state index contributed by atoms with van der Waals surface area (Å²) in [6.07, 6.45) is -1.51. The lowest BCUT2D eigenvalue weighted by Gasteiger charge is -2.03. The molecule has 0 aliphatic carbocycles. The van der Waals surface area contributed by atoms with Crippen molar-refractivity contribution in [2.24, 2.45) is 0 Å². The molecule has 0 bridgehead atoms. The van der Waals surface area contributed by atoms with E-state index in [4.69, 9.17) is 19.5 Å². The molecule has 11 heteroatoms. The second-order valence-electron chi connectivity index (χ2n) is 4.40. The summed E-state index contributed by atoms with van der Waals surface area (Å²) in [6.45, 7) is 2.20. The SMILES string of the molecule is Cc1noc(-c2cc[n+](CCC(=O)O)cc2)n1.O=C([O-])C(F)(F)F. The molecular weight excluding hydrogens is 335 g/mol. The Morgan fingerprint density at radius 1 is 1.33 bits per heavy atom. The van der Waals surface area contributed by atoms with E-state index in [9.17, 15) is 18.0 Å². The topological polar surface area (TPSA) is 120 Å². The number of carbonyl (C=O) groups excluding carboxylic acids is 1. The van der Waals surface area contributed by atoms with Crippen LogP contribution in [0.25, 0.3) is 11.5 Å². The molecule has 0 unspecified atom stereocenters. The summed E-state index contributed by atoms with van der Waals surface area (Å²) >= 11 is 0. The van der Waals surface area contributed by atoms with Crippen LogP contribution < -0.4 is 9.67 Å². The smallest absolute Gasteiger partial charge is 0.430 e. The van der Waals surface area contributed by atoms with Gasteiger partial charge in [0.15, 0.2) is 24.8 Å². The molecular formula is C13H12F3N3O5. The van der Waals surface area contributed by atoms with Gasteiger partial charge < -0.3 is 19.5 Å². The maximum atomic E-state index is 10.5. The number of rotatable bonds is 4. The van der Waals surface area contributed by atoms with Gasteiger partial charge in [0.1, 0.15) is 12.4 Å². The number of aryl methyl sites for hydroxylation is 2. The normalized spacial score (nSPS) is 10.7. The van der Waals surface area contributed by atoms with Gasteiger partial charge in [0.2, 0.25) is 0 Å². The van der Waals surface area contributed by atoms with Gasteiger partial charge in [-0.05, 0) is 6.92 Å². The first-order valence-corrected chi connectivity index (χ1v) is 6.39. The first kappa shape index (κ1) is 19.1. The van der Waals surface area contributed by atoms with Crippen molar-refractivity contribution in [1.29, 1.82) is 0 Å². The van der Waals surface area contributed by atoms with Crippen LogP contribution in [0.15, 0.2) is 29.0 Å². The highest BCUT2D eigenvalue weighted by Gasteiger charge is 2.28. The predicted octanol–water partition coefficient (Wildman–Crippen LogP) is 0.106. The number of carboxylic acid groups (broad SMARTS) is 2. The molecule has 0 atom stereocenters. The Balaban J connectivity index is 0.000000351. The molecule has 130 valence electrons. The monoisotopic (exact) mass is 347 g/mol. The number of nitrogens with zero attached hydrogens (tertiary/aromatic N) is 3. The van der Waals surface area contributed by atoms with Crippen molar-refractivity contribution in [1.82, 2.24) is 10.1 Å². The zero-order chi connectivity index (χ0) is 18.3. The van der Waals surface area contributed by atoms with E-state index < -0.39 is 18.1 Å². The standard InChI is InChI=1S/C11H11N3O3.C2HF3O2/c1-8-12-11(17-13-8)9-2-5-14(6-3-9)7-4-10(15)16;3-2(4,5)1(6)7/h2-3,5-6H,4,7H2,1H3;(H,6,7). The number of aliphatic carboxylic acids is 2. The van der Waals surface area contributed by atoms with Gasteiger partial charge in [0, 0.05) is 12.1 Å². The lowest BCUT2D eigenvalue weighted by Crippen LogP contribution is -2.37. The molecule has 0 aliphatic rings. The van der Waals surface area contributed by atoms with Gasteiger partial charge in [-0.2, -0.15) is 18.2 Å². The molecule has 0 fully saturated rings. The van der Waals surface area contributed by atoms with Crippen LogP contribution in [-0.4, -0.2) is 33.4 Å². The second kappa shape index (κ2) is 8.04. The van der Waals surface area contributed by atoms with Crippen molar-refractivity contribution in [2.75, 3.05) is 0 Å². The molecule has 0 spiro atoms. The number of hydrogen-bond acceptors (Lipinski definition) is 6. The molecule has 0 saturated carbocycles. The summed E-state index contributed by atoms with van der Waals surface area (Å²) in [5.74, 6) is -2.77. The molecule has 0 aliphatic heterocycles. The van der Waals surface area contributed by atoms with E-state index in [1.165, 1.54) is 0 Å². The number of alkyl halides is 3. The fraction of sp³-hybridized carbons (Fsp3) is 0.308. The number of hydrogen-bond donors (Lipinski definition) is 1. The Hall–Kier alpha value is -2.98. The minimum Gasteiger partial charge on any atom is -0.542 e. The Kier molecular flexibility index (Phi) is 6.38. The van der Waals surface area contributed by atoms with Crippen molar-refractivity contribution in [3.8, 4) is 11.5 Å². The number of pyridine rings is 1. The molecule has 8 nitrogen and oxygen atoms in total. The van der Waals surface area contributed by atoms with Crippen molar-refractivity contribution in [3.05, 3.63) is 30.4 Å². The third-order valence-electron chi connectivity index (χ3n) is 2.48. The molecule has 0 amide bonds. The first-order valence-electron chi connectivity index (χ1n) is 6.39. The van der Waals surface area contributed by atoms with Crippen LogP contribution in [0, 0.1) is 6.92 Å². The summed E-state index contributed by atoms with van der Waals surface area (Å²) in [6, 6.07) is 3.63. The largest absolute Gasteiger partial charge is 0.542 e. The highest BCUT2D eigenvalue weighted by molar-refractivity contribution is 5.70. The van der Waals surface area contributed by atoms with E-state index in [2.05, 4.69) is 10.1 Å². The Morgan fingerprint density at radius 3 is 2.25 bits per heavy atom. The summed E-state index contributed by atoms with van der Waals surface area (Å²) in [5.41, 5.74) is 0.817. The fourth-order valence-corrected chi connectivity index (χ4v) is 1.39. The molecule has 0 saturated heterocycles. The zero-order valence-corrected chi connectivity index (χ0v) is 12.3. The molecule has 2 aromatic heterocycles. The molecule has 0 radical (unpaired) electrons. The molecule has 1 N–H and O–H groups in total. The van der Waals surface area contributed by atoms with E-state index in [-0.39, 0.29) is 6.42 Å². The van der Waals surface area contributed by atoms with Gasteiger partial charge in [0.25, 0.3) is 5.89 Å². The number of carbonyl (C=O) groups is 2. The van der Waals surface area contributed by atoms with Crippen molar-refractivity contribution >= 4 is 11.9 Å². The number of carboxylic acids is 2. The van der Waals surface area contributed by atoms with E-state index >= 15 is 0 Å². The average Bonchev–Trinajstić information content (AvgIpc) is 2.92. The summed E-state index contributed by atoms with van der Waals surface area (Å²) < 4.78 is 38.4. The van der Waals surface area contributed by atoms with Crippen LogP contribution in [0.5, 0.6) is 0 Å². The highest BCUT2D eigenvalue weighted by Crippen LogP contribution is 2.14. The number of aromatic nitrogens is 3. The van der Waals surface area contributed by atoms with Gasteiger partial charge in [-0.3, -0.25) is 4.79 Å². The van der Waals surface area contributed by atoms with Crippen LogP contribution >= 0.6 is 0 Å². The van der Waals surface area contributed by atoms with Gasteiger partial charge in [0.05, 0.1) is 5.56 Å². The van der Waals surface area contributed by atoms with E-state index in [0.29, 0.717) is 18.3 Å². The minimum absolute atomic E-state index is 0.101. The average molecular weight is 347 g/mol. The number of halogens is 3. The predicted molar refractivity (Wildman–Crippen MR) is 68.0 cm³/mol. The third-order valence-corrected chi connectivity index (χ3v) is 2.48. The van der Waals surface area contributed by atoms with E-state index in [1.54, 1.807) is 23.9 Å². The maximum Gasteiger partial charge on any atom is 0.430 e. The molecule has 24 heavy (non-hydrogen) atoms. The van der Waals surface area contributed by atoms with Crippen LogP contribution in [0.3, 0.4) is 0 Å². The van der Waals surface area contributed by atoms with Gasteiger partial charge >= 0.3 is 12.1 Å². The first-order chi connectivity index (χ1) is 11.1. The second-order valence-corrected chi connectivity index (χ2v) is 4.40. The van der Waals surface area contributed by atoms with E-state index in [1.807, 2.05) is 12.1 Å². The molecule has 2 heterocycles. The molecule has 0 aromatic carbocycles. The summed E-state index contributed by atoms with van der Waals surface area (Å²) in [7, 11) is 0. The van der Waals surface area contributed by atoms with Gasteiger partial charge in [-0.1, -0.05) is 5.16 Å². The Bertz CT molecular complexity index is 698. The van der Waals surface area contributed by atoms with Gasteiger partial charge in [-0.15, -0.1) is 0 Å². The summed E-state index contributed by atoms with van der Waals surface area (Å²) in [5, 5.41) is 21.1. The van der Waals surface area contributed by atoms with Crippen LogP contribution in [0.1, 0.15) is 12.2 Å². The Morgan fingerprint density at radius 2 is 1.88 bits per heavy atom. The minimum atomic E-state index is -5.19. The quantitative estimate of drug-likeness (QED) is 0.779. The van der Waals surface area contributed by atoms with Crippen LogP contribution in [-0.2, 0) is 16.1 Å². The van der Waals surface area contributed by atoms with Crippen molar-refractivity contribution in [3.63, 3.8) is 0 Å². The summed E-state index contributed by atoms with van der Waals surface area (Å²) in [4.78, 5) is 23.3. The zero-order valence-electron chi connectivity index (χ0n) is 12.3.